The van der Waals surface area contributed by atoms with Crippen LogP contribution in [-0.2, 0) is 23.1 Å². The van der Waals surface area contributed by atoms with Gasteiger partial charge in [-0.15, -0.1) is 0 Å². The van der Waals surface area contributed by atoms with Gasteiger partial charge in [-0.3, -0.25) is 4.57 Å². The minimum atomic E-state index is -3.71. The number of hydrogen-bond acceptors (Lipinski definition) is 6. The molecule has 0 rings (SSSR count). The highest BCUT2D eigenvalue weighted by Crippen LogP contribution is 2.60. The zero-order valence-electron chi connectivity index (χ0n) is 10.4. The molecule has 1 unspecified atom stereocenters. The summed E-state index contributed by atoms with van der Waals surface area (Å²) in [7, 11) is -1.03. The molecular weight excluding hydrogens is 235 g/mol. The Hall–Kier alpha value is 0.0300. The molecule has 0 fully saturated rings. The quantitative estimate of drug-likeness (QED) is 0.525. The lowest BCUT2D eigenvalue weighted by Crippen LogP contribution is -2.42. The van der Waals surface area contributed by atoms with Crippen molar-refractivity contribution < 1.29 is 28.2 Å². The Kier molecular flexibility index (Phi) is 6.70. The lowest BCUT2D eigenvalue weighted by molar-refractivity contribution is -0.183. The van der Waals surface area contributed by atoms with Gasteiger partial charge in [-0.05, 0) is 20.8 Å². The first-order valence-electron chi connectivity index (χ1n) is 5.06. The van der Waals surface area contributed by atoms with Gasteiger partial charge < -0.3 is 23.6 Å². The molecule has 1 atom stereocenters. The molecule has 0 aromatic rings. The van der Waals surface area contributed by atoms with Crippen molar-refractivity contribution in [3.05, 3.63) is 0 Å². The minimum absolute atomic E-state index is 0.160. The molecule has 98 valence electrons. The molecule has 0 spiro atoms. The highest BCUT2D eigenvalue weighted by atomic mass is 31.2. The summed E-state index contributed by atoms with van der Waals surface area (Å²) in [6, 6.07) is 0. The van der Waals surface area contributed by atoms with Gasteiger partial charge in [0.2, 0.25) is 5.34 Å². The molecule has 0 aromatic heterocycles. The van der Waals surface area contributed by atoms with Crippen LogP contribution in [0.3, 0.4) is 0 Å². The van der Waals surface area contributed by atoms with Crippen molar-refractivity contribution in [3.63, 3.8) is 0 Å². The van der Waals surface area contributed by atoms with E-state index < -0.39 is 19.2 Å². The topological polar surface area (TPSA) is 74.2 Å². The normalized spacial score (nSPS) is 16.4. The number of aliphatic hydroxyl groups is 1. The Morgan fingerprint density at radius 2 is 1.56 bits per heavy atom. The van der Waals surface area contributed by atoms with Crippen LogP contribution in [0.25, 0.3) is 0 Å². The molecular formula is C9H21O6P. The summed E-state index contributed by atoms with van der Waals surface area (Å²) in [4.78, 5) is 0. The van der Waals surface area contributed by atoms with E-state index in [9.17, 15) is 9.67 Å². The van der Waals surface area contributed by atoms with E-state index >= 15 is 0 Å². The van der Waals surface area contributed by atoms with Gasteiger partial charge in [-0.25, -0.2) is 0 Å². The second-order valence-corrected chi connectivity index (χ2v) is 5.65. The van der Waals surface area contributed by atoms with Crippen LogP contribution in [0.15, 0.2) is 0 Å². The first-order valence-corrected chi connectivity index (χ1v) is 6.61. The van der Waals surface area contributed by atoms with Crippen molar-refractivity contribution in [2.45, 2.75) is 32.4 Å². The lowest BCUT2D eigenvalue weighted by atomic mass is 10.4. The molecule has 0 aliphatic carbocycles. The number of ether oxygens (including phenoxy) is 2. The van der Waals surface area contributed by atoms with Gasteiger partial charge in [0.15, 0.2) is 6.29 Å². The SMILES string of the molecule is CCOP(=O)(OCC)C(C)(O)C(OC)OC. The van der Waals surface area contributed by atoms with Gasteiger partial charge in [0.25, 0.3) is 0 Å². The van der Waals surface area contributed by atoms with Crippen LogP contribution >= 0.6 is 7.60 Å². The van der Waals surface area contributed by atoms with Crippen LogP contribution in [0.1, 0.15) is 20.8 Å². The van der Waals surface area contributed by atoms with Crippen molar-refractivity contribution in [3.8, 4) is 0 Å². The van der Waals surface area contributed by atoms with Gasteiger partial charge in [-0.2, -0.15) is 0 Å². The summed E-state index contributed by atoms with van der Waals surface area (Å²) in [5.74, 6) is 0. The summed E-state index contributed by atoms with van der Waals surface area (Å²) < 4.78 is 32.2. The number of hydrogen-bond donors (Lipinski definition) is 1. The van der Waals surface area contributed by atoms with E-state index in [-0.39, 0.29) is 13.2 Å². The fourth-order valence-corrected chi connectivity index (χ4v) is 3.06. The van der Waals surface area contributed by atoms with E-state index in [1.165, 1.54) is 21.1 Å². The average Bonchev–Trinajstić information content (AvgIpc) is 2.19. The van der Waals surface area contributed by atoms with Crippen LogP contribution in [-0.4, -0.2) is 44.2 Å². The summed E-state index contributed by atoms with van der Waals surface area (Å²) >= 11 is 0. The lowest BCUT2D eigenvalue weighted by Gasteiger charge is -2.35. The highest BCUT2D eigenvalue weighted by molar-refractivity contribution is 7.55. The Labute approximate surface area is 96.4 Å². The Bertz CT molecular complexity index is 228. The summed E-state index contributed by atoms with van der Waals surface area (Å²) in [5, 5.41) is 8.33. The first kappa shape index (κ1) is 16.0. The Morgan fingerprint density at radius 3 is 1.81 bits per heavy atom. The zero-order valence-corrected chi connectivity index (χ0v) is 11.3. The van der Waals surface area contributed by atoms with Crippen molar-refractivity contribution in [2.24, 2.45) is 0 Å². The van der Waals surface area contributed by atoms with Crippen molar-refractivity contribution in [1.82, 2.24) is 0 Å². The summed E-state index contributed by atoms with van der Waals surface area (Å²) in [5.41, 5.74) is 0. The standard InChI is InChI=1S/C9H21O6P/c1-6-14-16(11,15-7-2)9(3,10)8(12-4)13-5/h8,10H,6-7H2,1-5H3. The minimum Gasteiger partial charge on any atom is -0.374 e. The van der Waals surface area contributed by atoms with E-state index in [2.05, 4.69) is 0 Å². The maximum Gasteiger partial charge on any atom is 0.366 e. The van der Waals surface area contributed by atoms with E-state index in [0.29, 0.717) is 0 Å². The van der Waals surface area contributed by atoms with Crippen LogP contribution in [0.2, 0.25) is 0 Å². The van der Waals surface area contributed by atoms with Crippen molar-refractivity contribution >= 4 is 7.60 Å². The zero-order chi connectivity index (χ0) is 12.8. The second-order valence-electron chi connectivity index (χ2n) is 3.23. The van der Waals surface area contributed by atoms with Gasteiger partial charge >= 0.3 is 7.60 Å². The van der Waals surface area contributed by atoms with E-state index in [1.54, 1.807) is 13.8 Å². The summed E-state index contributed by atoms with van der Waals surface area (Å²) in [6.45, 7) is 4.95. The van der Waals surface area contributed by atoms with E-state index in [4.69, 9.17) is 18.5 Å². The molecule has 0 saturated heterocycles. The third-order valence-corrected chi connectivity index (χ3v) is 4.54. The maximum atomic E-state index is 12.3. The monoisotopic (exact) mass is 256 g/mol. The molecule has 0 aliphatic heterocycles. The number of rotatable bonds is 8. The van der Waals surface area contributed by atoms with Crippen LogP contribution in [0, 0.1) is 0 Å². The molecule has 0 aliphatic rings. The van der Waals surface area contributed by atoms with Crippen molar-refractivity contribution in [1.29, 1.82) is 0 Å². The molecule has 0 heterocycles. The molecule has 7 heteroatoms. The van der Waals surface area contributed by atoms with Crippen LogP contribution < -0.4 is 0 Å². The van der Waals surface area contributed by atoms with Gasteiger partial charge in [-0.1, -0.05) is 0 Å². The van der Waals surface area contributed by atoms with Gasteiger partial charge in [0, 0.05) is 14.2 Å². The van der Waals surface area contributed by atoms with Gasteiger partial charge in [0.1, 0.15) is 0 Å². The molecule has 6 nitrogen and oxygen atoms in total. The molecule has 0 saturated carbocycles. The largest absolute Gasteiger partial charge is 0.374 e. The third-order valence-electron chi connectivity index (χ3n) is 2.03. The average molecular weight is 256 g/mol. The molecule has 0 radical (unpaired) electrons. The fraction of sp³-hybridized carbons (Fsp3) is 1.00. The van der Waals surface area contributed by atoms with Crippen LogP contribution in [0.5, 0.6) is 0 Å². The molecule has 0 aromatic carbocycles. The number of methoxy groups -OCH3 is 2. The highest BCUT2D eigenvalue weighted by Gasteiger charge is 2.52. The van der Waals surface area contributed by atoms with E-state index in [0.717, 1.165) is 0 Å². The Morgan fingerprint density at radius 1 is 1.19 bits per heavy atom. The maximum absolute atomic E-state index is 12.3. The van der Waals surface area contributed by atoms with E-state index in [1.807, 2.05) is 0 Å². The Balaban J connectivity index is 5.08. The molecule has 0 amide bonds. The first-order chi connectivity index (χ1) is 7.39. The fourth-order valence-electron chi connectivity index (χ4n) is 1.31. The predicted octanol–water partition coefficient (Wildman–Crippen LogP) is 1.58. The summed E-state index contributed by atoms with van der Waals surface area (Å²) in [6.07, 6.45) is -1.09. The van der Waals surface area contributed by atoms with Crippen molar-refractivity contribution in [2.75, 3.05) is 27.4 Å². The molecule has 1 N–H and O–H groups in total. The molecule has 16 heavy (non-hydrogen) atoms. The molecule has 0 bridgehead atoms. The van der Waals surface area contributed by atoms with Gasteiger partial charge in [0.05, 0.1) is 13.2 Å². The third kappa shape index (κ3) is 3.26. The smallest absolute Gasteiger partial charge is 0.366 e. The predicted molar refractivity (Wildman–Crippen MR) is 59.3 cm³/mol. The second kappa shape index (κ2) is 6.69. The van der Waals surface area contributed by atoms with Crippen LogP contribution in [0.4, 0.5) is 0 Å².